The highest BCUT2D eigenvalue weighted by Gasteiger charge is 2.12. The maximum Gasteiger partial charge on any atom is 0.125 e. The SMILES string of the molecule is CC(O)c1ccccc1OCCc1ccc2c(c1)CCO2. The molecule has 0 aromatic heterocycles. The molecule has 2 aromatic carbocycles. The summed E-state index contributed by atoms with van der Waals surface area (Å²) in [5, 5.41) is 9.73. The molecule has 0 saturated heterocycles. The topological polar surface area (TPSA) is 38.7 Å². The predicted molar refractivity (Wildman–Crippen MR) is 81.9 cm³/mol. The Morgan fingerprint density at radius 3 is 2.95 bits per heavy atom. The highest BCUT2D eigenvalue weighted by Crippen LogP contribution is 2.27. The van der Waals surface area contributed by atoms with Gasteiger partial charge in [-0.3, -0.25) is 0 Å². The highest BCUT2D eigenvalue weighted by molar-refractivity contribution is 5.40. The summed E-state index contributed by atoms with van der Waals surface area (Å²) in [7, 11) is 0. The zero-order valence-corrected chi connectivity index (χ0v) is 12.2. The van der Waals surface area contributed by atoms with Gasteiger partial charge in [-0.25, -0.2) is 0 Å². The van der Waals surface area contributed by atoms with E-state index in [1.54, 1.807) is 6.92 Å². The van der Waals surface area contributed by atoms with Crippen LogP contribution in [0, 0.1) is 0 Å². The summed E-state index contributed by atoms with van der Waals surface area (Å²) in [4.78, 5) is 0. The van der Waals surface area contributed by atoms with Gasteiger partial charge in [-0.05, 0) is 30.2 Å². The summed E-state index contributed by atoms with van der Waals surface area (Å²) in [6.45, 7) is 3.14. The first-order valence-electron chi connectivity index (χ1n) is 7.38. The van der Waals surface area contributed by atoms with Crippen molar-refractivity contribution in [2.75, 3.05) is 13.2 Å². The third-order valence-electron chi connectivity index (χ3n) is 3.77. The van der Waals surface area contributed by atoms with E-state index in [0.717, 1.165) is 36.5 Å². The van der Waals surface area contributed by atoms with E-state index in [0.29, 0.717) is 6.61 Å². The van der Waals surface area contributed by atoms with Gasteiger partial charge in [-0.2, -0.15) is 0 Å². The van der Waals surface area contributed by atoms with Crippen molar-refractivity contribution in [1.29, 1.82) is 0 Å². The minimum Gasteiger partial charge on any atom is -0.493 e. The fourth-order valence-corrected chi connectivity index (χ4v) is 2.63. The Morgan fingerprint density at radius 2 is 2.10 bits per heavy atom. The monoisotopic (exact) mass is 284 g/mol. The van der Waals surface area contributed by atoms with Gasteiger partial charge in [0.15, 0.2) is 0 Å². The number of ether oxygens (including phenoxy) is 2. The van der Waals surface area contributed by atoms with E-state index in [1.807, 2.05) is 30.3 Å². The zero-order valence-electron chi connectivity index (χ0n) is 12.2. The summed E-state index contributed by atoms with van der Waals surface area (Å²) in [5.74, 6) is 1.77. The van der Waals surface area contributed by atoms with Gasteiger partial charge in [-0.1, -0.05) is 30.3 Å². The second-order valence-electron chi connectivity index (χ2n) is 5.35. The largest absolute Gasteiger partial charge is 0.493 e. The Balaban J connectivity index is 1.61. The Bertz CT molecular complexity index is 620. The highest BCUT2D eigenvalue weighted by atomic mass is 16.5. The lowest BCUT2D eigenvalue weighted by atomic mass is 10.1. The molecule has 0 spiro atoms. The van der Waals surface area contributed by atoms with Crippen LogP contribution in [0.2, 0.25) is 0 Å². The number of fused-ring (bicyclic) bond motifs is 1. The van der Waals surface area contributed by atoms with Crippen molar-refractivity contribution < 1.29 is 14.6 Å². The van der Waals surface area contributed by atoms with Crippen LogP contribution in [0.4, 0.5) is 0 Å². The molecular weight excluding hydrogens is 264 g/mol. The van der Waals surface area contributed by atoms with Gasteiger partial charge in [0.25, 0.3) is 0 Å². The molecule has 0 saturated carbocycles. The van der Waals surface area contributed by atoms with Crippen LogP contribution in [0.15, 0.2) is 42.5 Å². The molecule has 1 aliphatic heterocycles. The predicted octanol–water partition coefficient (Wildman–Crippen LogP) is 3.30. The molecule has 1 N–H and O–H groups in total. The van der Waals surface area contributed by atoms with E-state index in [2.05, 4.69) is 12.1 Å². The van der Waals surface area contributed by atoms with Crippen molar-refractivity contribution in [1.82, 2.24) is 0 Å². The molecule has 0 radical (unpaired) electrons. The molecule has 0 amide bonds. The van der Waals surface area contributed by atoms with Crippen LogP contribution in [-0.4, -0.2) is 18.3 Å². The van der Waals surface area contributed by atoms with Gasteiger partial charge >= 0.3 is 0 Å². The van der Waals surface area contributed by atoms with Crippen LogP contribution < -0.4 is 9.47 Å². The van der Waals surface area contributed by atoms with Crippen molar-refractivity contribution >= 4 is 0 Å². The number of hydrogen-bond acceptors (Lipinski definition) is 3. The molecule has 0 fully saturated rings. The second-order valence-corrected chi connectivity index (χ2v) is 5.35. The van der Waals surface area contributed by atoms with Crippen LogP contribution in [0.3, 0.4) is 0 Å². The van der Waals surface area contributed by atoms with E-state index in [4.69, 9.17) is 9.47 Å². The molecular formula is C18H20O3. The van der Waals surface area contributed by atoms with Gasteiger partial charge in [0.05, 0.1) is 19.3 Å². The Kier molecular flexibility index (Phi) is 4.11. The third-order valence-corrected chi connectivity index (χ3v) is 3.77. The quantitative estimate of drug-likeness (QED) is 0.915. The van der Waals surface area contributed by atoms with Gasteiger partial charge < -0.3 is 14.6 Å². The third kappa shape index (κ3) is 3.19. The minimum atomic E-state index is -0.515. The van der Waals surface area contributed by atoms with Crippen molar-refractivity contribution in [3.05, 3.63) is 59.2 Å². The molecule has 1 unspecified atom stereocenters. The van der Waals surface area contributed by atoms with Crippen molar-refractivity contribution in [2.45, 2.75) is 25.9 Å². The average Bonchev–Trinajstić information content (AvgIpc) is 2.95. The molecule has 0 bridgehead atoms. The van der Waals surface area contributed by atoms with E-state index >= 15 is 0 Å². The molecule has 3 nitrogen and oxygen atoms in total. The number of hydrogen-bond donors (Lipinski definition) is 1. The van der Waals surface area contributed by atoms with E-state index in [1.165, 1.54) is 11.1 Å². The van der Waals surface area contributed by atoms with Gasteiger partial charge in [0, 0.05) is 18.4 Å². The maximum atomic E-state index is 9.73. The number of rotatable bonds is 5. The zero-order chi connectivity index (χ0) is 14.7. The normalized spacial score (nSPS) is 14.4. The first kappa shape index (κ1) is 14.0. The number of aliphatic hydroxyl groups is 1. The van der Waals surface area contributed by atoms with Crippen LogP contribution in [-0.2, 0) is 12.8 Å². The fourth-order valence-electron chi connectivity index (χ4n) is 2.63. The van der Waals surface area contributed by atoms with Crippen LogP contribution in [0.5, 0.6) is 11.5 Å². The lowest BCUT2D eigenvalue weighted by Crippen LogP contribution is -2.04. The summed E-state index contributed by atoms with van der Waals surface area (Å²) in [6, 6.07) is 14.0. The van der Waals surface area contributed by atoms with Gasteiger partial charge in [0.1, 0.15) is 11.5 Å². The molecule has 110 valence electrons. The Labute approximate surface area is 125 Å². The van der Waals surface area contributed by atoms with Gasteiger partial charge in [-0.15, -0.1) is 0 Å². The summed E-state index contributed by atoms with van der Waals surface area (Å²) >= 11 is 0. The number of para-hydroxylation sites is 1. The second kappa shape index (κ2) is 6.19. The number of benzene rings is 2. The van der Waals surface area contributed by atoms with Crippen LogP contribution >= 0.6 is 0 Å². The Hall–Kier alpha value is -2.00. The van der Waals surface area contributed by atoms with E-state index < -0.39 is 6.10 Å². The summed E-state index contributed by atoms with van der Waals surface area (Å²) < 4.78 is 11.3. The van der Waals surface area contributed by atoms with Crippen molar-refractivity contribution in [3.8, 4) is 11.5 Å². The van der Waals surface area contributed by atoms with E-state index in [-0.39, 0.29) is 0 Å². The molecule has 21 heavy (non-hydrogen) atoms. The molecule has 2 aromatic rings. The number of aliphatic hydroxyl groups excluding tert-OH is 1. The van der Waals surface area contributed by atoms with Crippen molar-refractivity contribution in [2.24, 2.45) is 0 Å². The molecule has 3 rings (SSSR count). The van der Waals surface area contributed by atoms with E-state index in [9.17, 15) is 5.11 Å². The molecule has 3 heteroatoms. The molecule has 0 aliphatic carbocycles. The molecule has 1 aliphatic rings. The van der Waals surface area contributed by atoms with Crippen molar-refractivity contribution in [3.63, 3.8) is 0 Å². The first-order chi connectivity index (χ1) is 10.2. The van der Waals surface area contributed by atoms with Crippen LogP contribution in [0.1, 0.15) is 29.7 Å². The average molecular weight is 284 g/mol. The lowest BCUT2D eigenvalue weighted by Gasteiger charge is -2.13. The van der Waals surface area contributed by atoms with Crippen LogP contribution in [0.25, 0.3) is 0 Å². The molecule has 1 heterocycles. The first-order valence-corrected chi connectivity index (χ1v) is 7.38. The fraction of sp³-hybridized carbons (Fsp3) is 0.333. The van der Waals surface area contributed by atoms with Gasteiger partial charge in [0.2, 0.25) is 0 Å². The molecule has 1 atom stereocenters. The Morgan fingerprint density at radius 1 is 1.24 bits per heavy atom. The lowest BCUT2D eigenvalue weighted by molar-refractivity contribution is 0.191. The maximum absolute atomic E-state index is 9.73. The summed E-state index contributed by atoms with van der Waals surface area (Å²) in [5.41, 5.74) is 3.38. The standard InChI is InChI=1S/C18H20O3/c1-13(19)16-4-2-3-5-18(16)21-10-8-14-6-7-17-15(12-14)9-11-20-17/h2-7,12-13,19H,8-11H2,1H3. The minimum absolute atomic E-state index is 0.515. The summed E-state index contributed by atoms with van der Waals surface area (Å²) in [6.07, 6.45) is 1.33. The smallest absolute Gasteiger partial charge is 0.125 e.